The van der Waals surface area contributed by atoms with Crippen LogP contribution in [0.5, 0.6) is 11.5 Å². The molecule has 3 aromatic rings. The molecule has 0 N–H and O–H groups in total. The highest BCUT2D eigenvalue weighted by Crippen LogP contribution is 2.19. The molecule has 0 spiro atoms. The van der Waals surface area contributed by atoms with Crippen LogP contribution in [0.2, 0.25) is 0 Å². The molecule has 0 amide bonds. The maximum Gasteiger partial charge on any atom is 0.336 e. The van der Waals surface area contributed by atoms with Crippen molar-refractivity contribution in [2.45, 2.75) is 110 Å². The molecule has 264 valence electrons. The number of ether oxygens (including phenoxy) is 2. The van der Waals surface area contributed by atoms with Crippen LogP contribution in [0.1, 0.15) is 131 Å². The fraction of sp³-hybridized carbons (Fsp3) is 0.455. The summed E-state index contributed by atoms with van der Waals surface area (Å²) in [6.07, 6.45) is 28.1. The molecule has 0 bridgehead atoms. The summed E-state index contributed by atoms with van der Waals surface area (Å²) >= 11 is 0. The quantitative estimate of drug-likeness (QED) is 0.0296. The fourth-order valence-electron chi connectivity index (χ4n) is 5.69. The molecule has 0 aliphatic heterocycles. The van der Waals surface area contributed by atoms with Crippen LogP contribution in [-0.4, -0.2) is 32.5 Å². The van der Waals surface area contributed by atoms with Crippen LogP contribution in [0, 0.1) is 0 Å². The Hall–Kier alpha value is -4.12. The summed E-state index contributed by atoms with van der Waals surface area (Å²) in [6.45, 7) is 3.00. The first-order chi connectivity index (χ1) is 23.9. The van der Waals surface area contributed by atoms with Crippen LogP contribution in [0.25, 0.3) is 12.2 Å². The lowest BCUT2D eigenvalue weighted by Gasteiger charge is -2.11. The number of rotatable bonds is 25. The van der Waals surface area contributed by atoms with Crippen molar-refractivity contribution in [2.24, 2.45) is 0 Å². The molecule has 0 radical (unpaired) electrons. The van der Waals surface area contributed by atoms with E-state index in [0.717, 1.165) is 35.6 Å². The first-order valence-corrected chi connectivity index (χ1v) is 18.7. The summed E-state index contributed by atoms with van der Waals surface area (Å²) in [5, 5.41) is 0. The Morgan fingerprint density at radius 2 is 1.10 bits per heavy atom. The molecule has 0 heterocycles. The van der Waals surface area contributed by atoms with E-state index in [2.05, 4.69) is 6.92 Å². The zero-order valence-electron chi connectivity index (χ0n) is 30.3. The van der Waals surface area contributed by atoms with E-state index in [9.17, 15) is 9.59 Å². The summed E-state index contributed by atoms with van der Waals surface area (Å²) in [5.41, 5.74) is 3.35. The lowest BCUT2D eigenvalue weighted by atomic mass is 10.0. The molecule has 0 fully saturated rings. The number of carbonyl (C=O) groups excluding carboxylic acids is 2. The standard InChI is InChI=1S/C44H59NO4/c1-4-5-6-7-8-9-10-11-12-13-14-15-16-17-18-19-35-48-41-31-25-38(26-32-41)28-34-44(47)49-42-22-20-21-39(36-42)43(46)33-27-37-23-29-40(30-24-37)45(2)3/h20-34,36H,4-19,35H2,1-3H3/b33-27+,34-28+. The molecule has 49 heavy (non-hydrogen) atoms. The number of esters is 1. The lowest BCUT2D eigenvalue weighted by molar-refractivity contribution is -0.128. The number of nitrogens with zero attached hydrogens (tertiary/aromatic N) is 1. The van der Waals surface area contributed by atoms with E-state index >= 15 is 0 Å². The topological polar surface area (TPSA) is 55.8 Å². The summed E-state index contributed by atoms with van der Waals surface area (Å²) in [5.74, 6) is 0.482. The predicted octanol–water partition coefficient (Wildman–Crippen LogP) is 11.9. The second kappa shape index (κ2) is 24.1. The number of ketones is 1. The molecule has 5 heteroatoms. The summed E-state index contributed by atoms with van der Waals surface area (Å²) in [7, 11) is 3.97. The maximum absolute atomic E-state index is 12.7. The highest BCUT2D eigenvalue weighted by Gasteiger charge is 2.07. The number of hydrogen-bond donors (Lipinski definition) is 0. The third-order valence-corrected chi connectivity index (χ3v) is 8.73. The molecule has 0 unspecified atom stereocenters. The zero-order valence-corrected chi connectivity index (χ0v) is 30.3. The van der Waals surface area contributed by atoms with Crippen molar-refractivity contribution in [3.63, 3.8) is 0 Å². The first-order valence-electron chi connectivity index (χ1n) is 18.7. The minimum Gasteiger partial charge on any atom is -0.494 e. The smallest absolute Gasteiger partial charge is 0.336 e. The Labute approximate surface area is 296 Å². The lowest BCUT2D eigenvalue weighted by Crippen LogP contribution is -2.07. The van der Waals surface area contributed by atoms with E-state index < -0.39 is 5.97 Å². The van der Waals surface area contributed by atoms with Crippen LogP contribution in [-0.2, 0) is 4.79 Å². The van der Waals surface area contributed by atoms with E-state index in [1.165, 1.54) is 108 Å². The van der Waals surface area contributed by atoms with Crippen LogP contribution < -0.4 is 14.4 Å². The largest absolute Gasteiger partial charge is 0.494 e. The normalized spacial score (nSPS) is 11.3. The average Bonchev–Trinajstić information content (AvgIpc) is 3.11. The summed E-state index contributed by atoms with van der Waals surface area (Å²) in [4.78, 5) is 27.2. The minimum atomic E-state index is -0.509. The van der Waals surface area contributed by atoms with E-state index in [0.29, 0.717) is 11.3 Å². The van der Waals surface area contributed by atoms with Gasteiger partial charge >= 0.3 is 5.97 Å². The molecule has 0 aliphatic rings. The number of hydrogen-bond acceptors (Lipinski definition) is 5. The van der Waals surface area contributed by atoms with Gasteiger partial charge in [0.15, 0.2) is 5.78 Å². The molecule has 5 nitrogen and oxygen atoms in total. The maximum atomic E-state index is 12.7. The van der Waals surface area contributed by atoms with E-state index in [4.69, 9.17) is 9.47 Å². The van der Waals surface area contributed by atoms with Crippen molar-refractivity contribution >= 4 is 29.6 Å². The van der Waals surface area contributed by atoms with Crippen molar-refractivity contribution in [3.05, 3.63) is 102 Å². The van der Waals surface area contributed by atoms with Crippen LogP contribution >= 0.6 is 0 Å². The summed E-state index contributed by atoms with van der Waals surface area (Å²) in [6, 6.07) is 22.3. The predicted molar refractivity (Wildman–Crippen MR) is 207 cm³/mol. The van der Waals surface area contributed by atoms with Crippen LogP contribution in [0.15, 0.2) is 84.9 Å². The number of allylic oxidation sites excluding steroid dienone is 1. The highest BCUT2D eigenvalue weighted by molar-refractivity contribution is 6.07. The minimum absolute atomic E-state index is 0.165. The third-order valence-electron chi connectivity index (χ3n) is 8.73. The van der Waals surface area contributed by atoms with Gasteiger partial charge in [0.1, 0.15) is 11.5 Å². The molecule has 3 aromatic carbocycles. The molecular formula is C44H59NO4. The van der Waals surface area contributed by atoms with Gasteiger partial charge in [0.2, 0.25) is 0 Å². The van der Waals surface area contributed by atoms with Gasteiger partial charge in [0.25, 0.3) is 0 Å². The van der Waals surface area contributed by atoms with Crippen molar-refractivity contribution in [1.29, 1.82) is 0 Å². The van der Waals surface area contributed by atoms with Crippen molar-refractivity contribution in [1.82, 2.24) is 0 Å². The molecule has 0 aromatic heterocycles. The van der Waals surface area contributed by atoms with Gasteiger partial charge < -0.3 is 14.4 Å². The van der Waals surface area contributed by atoms with Gasteiger partial charge in [0.05, 0.1) is 6.61 Å². The van der Waals surface area contributed by atoms with Gasteiger partial charge in [-0.15, -0.1) is 0 Å². The molecule has 0 saturated heterocycles. The molecule has 0 saturated carbocycles. The number of benzene rings is 3. The number of unbranched alkanes of at least 4 members (excludes halogenated alkanes) is 15. The van der Waals surface area contributed by atoms with Gasteiger partial charge in [-0.1, -0.05) is 146 Å². The van der Waals surface area contributed by atoms with Crippen molar-refractivity contribution in [3.8, 4) is 11.5 Å². The molecule has 3 rings (SSSR count). The number of anilines is 1. The van der Waals surface area contributed by atoms with Crippen molar-refractivity contribution < 1.29 is 19.1 Å². The molecular weight excluding hydrogens is 606 g/mol. The highest BCUT2D eigenvalue weighted by atomic mass is 16.5. The average molecular weight is 666 g/mol. The fourth-order valence-corrected chi connectivity index (χ4v) is 5.69. The van der Waals surface area contributed by atoms with Gasteiger partial charge in [-0.25, -0.2) is 4.79 Å². The van der Waals surface area contributed by atoms with E-state index in [1.54, 1.807) is 36.4 Å². The molecule has 0 atom stereocenters. The Bertz CT molecular complexity index is 1410. The Kier molecular flexibility index (Phi) is 19.3. The van der Waals surface area contributed by atoms with Gasteiger partial charge in [0, 0.05) is 31.4 Å². The monoisotopic (exact) mass is 665 g/mol. The van der Waals surface area contributed by atoms with Crippen molar-refractivity contribution in [2.75, 3.05) is 25.6 Å². The van der Waals surface area contributed by atoms with E-state index in [1.807, 2.05) is 67.5 Å². The Balaban J connectivity index is 1.25. The Morgan fingerprint density at radius 3 is 1.65 bits per heavy atom. The SMILES string of the molecule is CCCCCCCCCCCCCCCCCCOc1ccc(/C=C/C(=O)Oc2cccc(C(=O)/C=C/c3ccc(N(C)C)cc3)c2)cc1. The molecule has 0 aliphatic carbocycles. The second-order valence-electron chi connectivity index (χ2n) is 13.2. The van der Waals surface area contributed by atoms with Gasteiger partial charge in [-0.2, -0.15) is 0 Å². The number of carbonyl (C=O) groups is 2. The van der Waals surface area contributed by atoms with Crippen LogP contribution in [0.4, 0.5) is 5.69 Å². The van der Waals surface area contributed by atoms with Gasteiger partial charge in [-0.05, 0) is 66.1 Å². The van der Waals surface area contributed by atoms with E-state index in [-0.39, 0.29) is 5.78 Å². The zero-order chi connectivity index (χ0) is 34.9. The Morgan fingerprint density at radius 1 is 0.592 bits per heavy atom. The third kappa shape index (κ3) is 17.2. The summed E-state index contributed by atoms with van der Waals surface area (Å²) < 4.78 is 11.4. The first kappa shape index (κ1) is 39.3. The van der Waals surface area contributed by atoms with Gasteiger partial charge in [-0.3, -0.25) is 4.79 Å². The van der Waals surface area contributed by atoms with Crippen LogP contribution in [0.3, 0.4) is 0 Å². The second-order valence-corrected chi connectivity index (χ2v) is 13.2.